The van der Waals surface area contributed by atoms with Crippen molar-refractivity contribution in [3.63, 3.8) is 0 Å². The van der Waals surface area contributed by atoms with Crippen molar-refractivity contribution in [2.75, 3.05) is 30.4 Å². The second kappa shape index (κ2) is 15.6. The number of amides is 3. The molecule has 2 aromatic carbocycles. The summed E-state index contributed by atoms with van der Waals surface area (Å²) in [6.07, 6.45) is 3.98. The number of hydrogen-bond acceptors (Lipinski definition) is 5. The van der Waals surface area contributed by atoms with Gasteiger partial charge >= 0.3 is 6.09 Å². The normalized spacial score (nSPS) is 16.4. The molecule has 0 spiro atoms. The van der Waals surface area contributed by atoms with Gasteiger partial charge in [0.25, 0.3) is 5.91 Å². The fourth-order valence-corrected chi connectivity index (χ4v) is 4.88. The fourth-order valence-electron chi connectivity index (χ4n) is 4.75. The molecule has 0 bridgehead atoms. The van der Waals surface area contributed by atoms with Gasteiger partial charge in [-0.1, -0.05) is 43.9 Å². The molecule has 3 amide bonds. The van der Waals surface area contributed by atoms with Crippen molar-refractivity contribution in [3.05, 3.63) is 90.8 Å². The van der Waals surface area contributed by atoms with Crippen molar-refractivity contribution in [2.24, 2.45) is 0 Å². The zero-order valence-electron chi connectivity index (χ0n) is 26.0. The number of ether oxygens (including phenoxy) is 2. The van der Waals surface area contributed by atoms with Gasteiger partial charge in [-0.25, -0.2) is 9.18 Å². The summed E-state index contributed by atoms with van der Waals surface area (Å²) in [6.45, 7) is 13.6. The van der Waals surface area contributed by atoms with Gasteiger partial charge in [-0.15, -0.1) is 11.6 Å². The molecule has 236 valence electrons. The number of anilines is 1. The highest BCUT2D eigenvalue weighted by Crippen LogP contribution is 2.29. The van der Waals surface area contributed by atoms with Gasteiger partial charge in [0.2, 0.25) is 5.91 Å². The average molecular weight is 626 g/mol. The molecule has 1 aliphatic rings. The van der Waals surface area contributed by atoms with Gasteiger partial charge in [-0.05, 0) is 82.2 Å². The van der Waals surface area contributed by atoms with E-state index < -0.39 is 41.3 Å². The molecule has 8 nitrogen and oxygen atoms in total. The Labute approximate surface area is 264 Å². The van der Waals surface area contributed by atoms with Gasteiger partial charge in [0.15, 0.2) is 0 Å². The molecule has 1 fully saturated rings. The number of carbonyl (C=O) groups excluding carboxylic acids is 3. The van der Waals surface area contributed by atoms with Crippen molar-refractivity contribution < 1.29 is 28.2 Å². The lowest BCUT2D eigenvalue weighted by Gasteiger charge is -2.43. The second-order valence-corrected chi connectivity index (χ2v) is 11.6. The number of hydrogen-bond donors (Lipinski definition) is 0. The quantitative estimate of drug-likeness (QED) is 0.205. The van der Waals surface area contributed by atoms with E-state index in [1.54, 1.807) is 61.8 Å². The van der Waals surface area contributed by atoms with E-state index in [2.05, 4.69) is 6.58 Å². The van der Waals surface area contributed by atoms with Crippen LogP contribution in [0, 0.1) is 0 Å². The summed E-state index contributed by atoms with van der Waals surface area (Å²) < 4.78 is 25.6. The second-order valence-electron chi connectivity index (χ2n) is 11.3. The minimum absolute atomic E-state index is 0.192. The molecule has 1 heterocycles. The van der Waals surface area contributed by atoms with Crippen LogP contribution >= 0.6 is 11.6 Å². The van der Waals surface area contributed by atoms with Crippen LogP contribution in [0.25, 0.3) is 0 Å². The Kier molecular flexibility index (Phi) is 12.2. The number of alkyl halides is 1. The Morgan fingerprint density at radius 2 is 1.70 bits per heavy atom. The number of nitrogens with zero attached hydrogens (tertiary/aromatic N) is 3. The number of para-hydroxylation sites is 1. The molecule has 3 rings (SSSR count). The van der Waals surface area contributed by atoms with Crippen molar-refractivity contribution in [1.29, 1.82) is 0 Å². The largest absolute Gasteiger partial charge is 0.457 e. The zero-order valence-corrected chi connectivity index (χ0v) is 26.7. The van der Waals surface area contributed by atoms with Crippen LogP contribution in [0.4, 0.5) is 14.9 Å². The minimum Gasteiger partial charge on any atom is -0.457 e. The van der Waals surface area contributed by atoms with Crippen LogP contribution in [0.15, 0.2) is 90.8 Å². The van der Waals surface area contributed by atoms with Gasteiger partial charge in [0.1, 0.15) is 34.8 Å². The number of piperazine rings is 1. The summed E-state index contributed by atoms with van der Waals surface area (Å²) in [5, 5.41) is 0. The highest BCUT2D eigenvalue weighted by atomic mass is 35.5. The van der Waals surface area contributed by atoms with E-state index in [-0.39, 0.29) is 31.2 Å². The third kappa shape index (κ3) is 9.19. The van der Waals surface area contributed by atoms with Gasteiger partial charge in [-0.3, -0.25) is 14.5 Å². The van der Waals surface area contributed by atoms with Crippen LogP contribution in [-0.4, -0.2) is 70.9 Å². The van der Waals surface area contributed by atoms with Crippen LogP contribution in [0.2, 0.25) is 0 Å². The molecule has 0 radical (unpaired) electrons. The van der Waals surface area contributed by atoms with E-state index in [9.17, 15) is 18.8 Å². The van der Waals surface area contributed by atoms with Gasteiger partial charge < -0.3 is 19.3 Å². The molecule has 1 saturated heterocycles. The van der Waals surface area contributed by atoms with Crippen LogP contribution in [0.5, 0.6) is 11.5 Å². The Morgan fingerprint density at radius 3 is 2.27 bits per heavy atom. The van der Waals surface area contributed by atoms with E-state index in [1.807, 2.05) is 37.3 Å². The van der Waals surface area contributed by atoms with Crippen LogP contribution in [-0.2, 0) is 14.3 Å². The maximum absolute atomic E-state index is 14.3. The first-order valence-electron chi connectivity index (χ1n) is 14.6. The van der Waals surface area contributed by atoms with E-state index in [0.717, 1.165) is 0 Å². The molecule has 2 atom stereocenters. The number of rotatable bonds is 10. The first-order chi connectivity index (χ1) is 20.9. The lowest BCUT2D eigenvalue weighted by atomic mass is 10.0. The Balaban J connectivity index is 1.96. The van der Waals surface area contributed by atoms with Crippen molar-refractivity contribution in [1.82, 2.24) is 9.80 Å². The molecular weight excluding hydrogens is 585 g/mol. The summed E-state index contributed by atoms with van der Waals surface area (Å²) in [7, 11) is 0. The molecular formula is C34H41ClFN3O5. The van der Waals surface area contributed by atoms with Crippen molar-refractivity contribution in [2.45, 2.75) is 58.7 Å². The van der Waals surface area contributed by atoms with E-state index in [4.69, 9.17) is 21.1 Å². The van der Waals surface area contributed by atoms with E-state index >= 15 is 0 Å². The van der Waals surface area contributed by atoms with E-state index in [0.29, 0.717) is 23.6 Å². The molecule has 0 unspecified atom stereocenters. The van der Waals surface area contributed by atoms with E-state index in [1.165, 1.54) is 23.1 Å². The Bertz CT molecular complexity index is 1370. The van der Waals surface area contributed by atoms with Gasteiger partial charge in [0, 0.05) is 25.3 Å². The molecule has 10 heteroatoms. The van der Waals surface area contributed by atoms with Gasteiger partial charge in [0.05, 0.1) is 6.04 Å². The topological polar surface area (TPSA) is 79.4 Å². The maximum atomic E-state index is 14.3. The first-order valence-corrected chi connectivity index (χ1v) is 15.1. The number of carbonyl (C=O) groups is 3. The average Bonchev–Trinajstić information content (AvgIpc) is 3.01. The summed E-state index contributed by atoms with van der Waals surface area (Å²) in [5.74, 6) is -0.724. The summed E-state index contributed by atoms with van der Waals surface area (Å²) >= 11 is 6.06. The predicted molar refractivity (Wildman–Crippen MR) is 172 cm³/mol. The SMILES string of the molecule is C=C(/C=C\C(F)=C/C)[C@@H](C(=O)N1CCN(C(=O)OC(C)(C)C)[C@H](CC)C1)N(C(=O)CCl)c1ccc(Oc2ccccc2)cc1. The van der Waals surface area contributed by atoms with Crippen LogP contribution < -0.4 is 9.64 Å². The first kappa shape index (κ1) is 34.4. The molecule has 0 N–H and O–H groups in total. The van der Waals surface area contributed by atoms with Crippen molar-refractivity contribution in [3.8, 4) is 11.5 Å². The third-order valence-electron chi connectivity index (χ3n) is 6.95. The highest BCUT2D eigenvalue weighted by molar-refractivity contribution is 6.30. The molecule has 0 aliphatic carbocycles. The monoisotopic (exact) mass is 625 g/mol. The van der Waals surface area contributed by atoms with Crippen LogP contribution in [0.1, 0.15) is 41.0 Å². The summed E-state index contributed by atoms with van der Waals surface area (Å²) in [6, 6.07) is 14.4. The number of benzene rings is 2. The Morgan fingerprint density at radius 1 is 1.07 bits per heavy atom. The number of halogens is 2. The minimum atomic E-state index is -1.23. The molecule has 2 aromatic rings. The molecule has 1 aliphatic heterocycles. The zero-order chi connectivity index (χ0) is 32.4. The van der Waals surface area contributed by atoms with Crippen molar-refractivity contribution >= 4 is 35.2 Å². The fraction of sp³-hybridized carbons (Fsp3) is 0.382. The van der Waals surface area contributed by atoms with Gasteiger partial charge in [-0.2, -0.15) is 0 Å². The lowest BCUT2D eigenvalue weighted by molar-refractivity contribution is -0.136. The molecule has 0 saturated carbocycles. The number of allylic oxidation sites excluding steroid dienone is 3. The smallest absolute Gasteiger partial charge is 0.410 e. The highest BCUT2D eigenvalue weighted by Gasteiger charge is 2.40. The standard InChI is InChI=1S/C34H41ClFN3O5/c1-7-25(36)15-14-24(3)31(32(41)37-20-21-38(26(8-2)23-37)33(42)44-34(4,5)6)39(30(40)22-35)27-16-18-29(19-17-27)43-28-12-10-9-11-13-28/h7,9-19,26,31H,3,8,20-23H2,1-2,4-6H3/b15-14-,25-7+/t26-,31+/m1/s1. The maximum Gasteiger partial charge on any atom is 0.410 e. The summed E-state index contributed by atoms with van der Waals surface area (Å²) in [5.41, 5.74) is -0.0864. The summed E-state index contributed by atoms with van der Waals surface area (Å²) in [4.78, 5) is 45.1. The third-order valence-corrected chi connectivity index (χ3v) is 7.17. The molecule has 44 heavy (non-hydrogen) atoms. The van der Waals surface area contributed by atoms with Crippen LogP contribution in [0.3, 0.4) is 0 Å². The molecule has 0 aromatic heterocycles. The lowest BCUT2D eigenvalue weighted by Crippen LogP contribution is -2.61. The Hall–Kier alpha value is -4.11. The predicted octanol–water partition coefficient (Wildman–Crippen LogP) is 7.26.